The molecule has 0 unspecified atom stereocenters. The number of hydrogen-bond acceptors (Lipinski definition) is 4. The summed E-state index contributed by atoms with van der Waals surface area (Å²) < 4.78 is 0. The lowest BCUT2D eigenvalue weighted by Gasteiger charge is -2.06. The Morgan fingerprint density at radius 3 is 2.52 bits per heavy atom. The Kier molecular flexibility index (Phi) is 5.16. The highest BCUT2D eigenvalue weighted by Crippen LogP contribution is 2.35. The zero-order valence-electron chi connectivity index (χ0n) is 14.4. The van der Waals surface area contributed by atoms with E-state index in [-0.39, 0.29) is 5.91 Å². The fraction of sp³-hybridized carbons (Fsp3) is 0.0476. The van der Waals surface area contributed by atoms with Crippen molar-refractivity contribution in [2.45, 2.75) is 0 Å². The normalized spacial score (nSPS) is 17.3. The molecule has 134 valence electrons. The lowest BCUT2D eigenvalue weighted by atomic mass is 10.1. The zero-order chi connectivity index (χ0) is 18.8. The maximum atomic E-state index is 12.6. The van der Waals surface area contributed by atoms with Gasteiger partial charge in [-0.25, -0.2) is 4.99 Å². The monoisotopic (exact) mass is 410 g/mol. The molecule has 1 amide bonds. The number of para-hydroxylation sites is 1. The van der Waals surface area contributed by atoms with Crippen LogP contribution in [-0.2, 0) is 4.79 Å². The van der Waals surface area contributed by atoms with E-state index >= 15 is 0 Å². The lowest BCUT2D eigenvalue weighted by Crippen LogP contribution is -2.23. The summed E-state index contributed by atoms with van der Waals surface area (Å²) in [6.07, 6.45) is 1.93. The molecule has 0 spiro atoms. The van der Waals surface area contributed by atoms with Crippen molar-refractivity contribution < 1.29 is 4.79 Å². The van der Waals surface area contributed by atoms with Gasteiger partial charge in [0.25, 0.3) is 5.91 Å². The van der Waals surface area contributed by atoms with Crippen molar-refractivity contribution in [3.8, 4) is 11.1 Å². The van der Waals surface area contributed by atoms with Gasteiger partial charge in [0.2, 0.25) is 0 Å². The van der Waals surface area contributed by atoms with Crippen molar-refractivity contribution in [3.63, 3.8) is 0 Å². The average Bonchev–Trinajstić information content (AvgIpc) is 3.24. The van der Waals surface area contributed by atoms with Crippen LogP contribution in [0.15, 0.2) is 75.9 Å². The maximum Gasteiger partial charge on any atom is 0.266 e. The number of hydrogen-bond donors (Lipinski definition) is 0. The largest absolute Gasteiger partial charge is 0.290 e. The molecule has 0 bridgehead atoms. The first-order chi connectivity index (χ1) is 13.1. The number of aliphatic imine (C=N–C) groups is 1. The molecule has 0 aliphatic carbocycles. The van der Waals surface area contributed by atoms with Crippen LogP contribution in [-0.4, -0.2) is 23.0 Å². The highest BCUT2D eigenvalue weighted by atomic mass is 35.5. The van der Waals surface area contributed by atoms with Gasteiger partial charge in [0.1, 0.15) is 0 Å². The quantitative estimate of drug-likeness (QED) is 0.474. The standard InChI is InChI=1S/C21H15ClN2OS2/c1-24-20(25)19(27-21(24)23-17-5-3-2-4-6-17)12-18-11-15(13-26-18)14-7-9-16(22)10-8-14/h2-13H,1H3. The number of rotatable bonds is 3. The molecule has 1 aliphatic rings. The Morgan fingerprint density at radius 1 is 1.04 bits per heavy atom. The summed E-state index contributed by atoms with van der Waals surface area (Å²) in [5, 5.41) is 3.49. The molecule has 1 aliphatic heterocycles. The molecule has 1 aromatic heterocycles. The number of thioether (sulfide) groups is 1. The average molecular weight is 411 g/mol. The van der Waals surface area contributed by atoms with Crippen molar-refractivity contribution >= 4 is 57.5 Å². The third kappa shape index (κ3) is 4.00. The minimum atomic E-state index is -0.0314. The van der Waals surface area contributed by atoms with E-state index in [1.165, 1.54) is 11.8 Å². The van der Waals surface area contributed by atoms with Crippen molar-refractivity contribution in [1.29, 1.82) is 0 Å². The van der Waals surface area contributed by atoms with Crippen LogP contribution in [0.3, 0.4) is 0 Å². The van der Waals surface area contributed by atoms with Gasteiger partial charge in [-0.15, -0.1) is 11.3 Å². The number of halogens is 1. The Bertz CT molecular complexity index is 1040. The molecular formula is C21H15ClN2OS2. The van der Waals surface area contributed by atoms with Crippen LogP contribution in [0.5, 0.6) is 0 Å². The molecular weight excluding hydrogens is 396 g/mol. The number of thiophene rings is 1. The molecule has 3 nitrogen and oxygen atoms in total. The summed E-state index contributed by atoms with van der Waals surface area (Å²) in [7, 11) is 1.76. The van der Waals surface area contributed by atoms with Gasteiger partial charge >= 0.3 is 0 Å². The van der Waals surface area contributed by atoms with E-state index in [1.54, 1.807) is 23.3 Å². The first-order valence-electron chi connectivity index (χ1n) is 8.26. The molecule has 6 heteroatoms. The summed E-state index contributed by atoms with van der Waals surface area (Å²) in [5.74, 6) is -0.0314. The predicted molar refractivity (Wildman–Crippen MR) is 117 cm³/mol. The van der Waals surface area contributed by atoms with Crippen LogP contribution in [0.1, 0.15) is 4.88 Å². The van der Waals surface area contributed by atoms with Crippen molar-refractivity contribution in [3.05, 3.63) is 80.8 Å². The predicted octanol–water partition coefficient (Wildman–Crippen LogP) is 6.30. The van der Waals surface area contributed by atoms with Crippen LogP contribution in [0, 0.1) is 0 Å². The molecule has 0 atom stereocenters. The number of amidine groups is 1. The number of likely N-dealkylation sites (N-methyl/N-ethyl adjacent to an activating group) is 1. The Hall–Kier alpha value is -2.34. The first kappa shape index (κ1) is 18.0. The Labute approximate surface area is 171 Å². The van der Waals surface area contributed by atoms with E-state index in [0.29, 0.717) is 10.1 Å². The number of amides is 1. The van der Waals surface area contributed by atoms with Gasteiger partial charge < -0.3 is 0 Å². The highest BCUT2D eigenvalue weighted by molar-refractivity contribution is 8.18. The van der Waals surface area contributed by atoms with Gasteiger partial charge in [-0.3, -0.25) is 9.69 Å². The van der Waals surface area contributed by atoms with E-state index in [0.717, 1.165) is 26.7 Å². The van der Waals surface area contributed by atoms with Crippen molar-refractivity contribution in [2.75, 3.05) is 7.05 Å². The first-order valence-corrected chi connectivity index (χ1v) is 10.3. The summed E-state index contributed by atoms with van der Waals surface area (Å²) in [6.45, 7) is 0. The SMILES string of the molecule is CN1C(=O)C(=Cc2cc(-c3ccc(Cl)cc3)cs2)SC1=Nc1ccccc1. The van der Waals surface area contributed by atoms with Gasteiger partial charge in [0.05, 0.1) is 10.6 Å². The number of benzene rings is 2. The smallest absolute Gasteiger partial charge is 0.266 e. The number of nitrogens with zero attached hydrogens (tertiary/aromatic N) is 2. The minimum Gasteiger partial charge on any atom is -0.290 e. The summed E-state index contributed by atoms with van der Waals surface area (Å²) in [4.78, 5) is 20.5. The van der Waals surface area contributed by atoms with E-state index in [4.69, 9.17) is 11.6 Å². The van der Waals surface area contributed by atoms with Gasteiger partial charge in [0.15, 0.2) is 5.17 Å². The van der Waals surface area contributed by atoms with Gasteiger partial charge in [-0.05, 0) is 64.7 Å². The van der Waals surface area contributed by atoms with Crippen LogP contribution in [0.2, 0.25) is 5.02 Å². The third-order valence-corrected chi connectivity index (χ3v) is 6.25. The van der Waals surface area contributed by atoms with Crippen LogP contribution in [0.4, 0.5) is 5.69 Å². The fourth-order valence-corrected chi connectivity index (χ4v) is 4.64. The molecule has 2 aromatic carbocycles. The molecule has 0 N–H and O–H groups in total. The molecule has 1 fully saturated rings. The second-order valence-electron chi connectivity index (χ2n) is 5.95. The van der Waals surface area contributed by atoms with Crippen LogP contribution >= 0.6 is 34.7 Å². The minimum absolute atomic E-state index is 0.0314. The van der Waals surface area contributed by atoms with E-state index in [1.807, 2.05) is 60.7 Å². The summed E-state index contributed by atoms with van der Waals surface area (Å²) in [6, 6.07) is 19.5. The highest BCUT2D eigenvalue weighted by Gasteiger charge is 2.30. The maximum absolute atomic E-state index is 12.6. The molecule has 3 aromatic rings. The lowest BCUT2D eigenvalue weighted by molar-refractivity contribution is -0.121. The van der Waals surface area contributed by atoms with Crippen LogP contribution in [0.25, 0.3) is 17.2 Å². The topological polar surface area (TPSA) is 32.7 Å². The van der Waals surface area contributed by atoms with Gasteiger partial charge in [0, 0.05) is 16.9 Å². The molecule has 4 rings (SSSR count). The second kappa shape index (κ2) is 7.72. The summed E-state index contributed by atoms with van der Waals surface area (Å²) >= 11 is 8.97. The summed E-state index contributed by atoms with van der Waals surface area (Å²) in [5.41, 5.74) is 3.06. The molecule has 2 heterocycles. The van der Waals surface area contributed by atoms with E-state index < -0.39 is 0 Å². The van der Waals surface area contributed by atoms with Crippen molar-refractivity contribution in [1.82, 2.24) is 4.90 Å². The Balaban J connectivity index is 1.58. The number of carbonyl (C=O) groups excluding carboxylic acids is 1. The zero-order valence-corrected chi connectivity index (χ0v) is 16.8. The Morgan fingerprint density at radius 2 is 1.78 bits per heavy atom. The molecule has 0 radical (unpaired) electrons. The van der Waals surface area contributed by atoms with Crippen LogP contribution < -0.4 is 0 Å². The fourth-order valence-electron chi connectivity index (χ4n) is 2.62. The third-order valence-electron chi connectivity index (χ3n) is 4.06. The second-order valence-corrected chi connectivity index (χ2v) is 8.34. The molecule has 1 saturated heterocycles. The molecule has 27 heavy (non-hydrogen) atoms. The number of carbonyl (C=O) groups is 1. The van der Waals surface area contributed by atoms with E-state index in [2.05, 4.69) is 16.4 Å². The molecule has 0 saturated carbocycles. The van der Waals surface area contributed by atoms with Gasteiger partial charge in [-0.1, -0.05) is 41.9 Å². The van der Waals surface area contributed by atoms with Gasteiger partial charge in [-0.2, -0.15) is 0 Å². The van der Waals surface area contributed by atoms with Crippen molar-refractivity contribution in [2.24, 2.45) is 4.99 Å². The van der Waals surface area contributed by atoms with E-state index in [9.17, 15) is 4.79 Å².